The molecular weight excluding hydrogens is 238 g/mol. The molecule has 0 aliphatic carbocycles. The summed E-state index contributed by atoms with van der Waals surface area (Å²) in [5, 5.41) is 0.793. The number of hydrogen-bond acceptors (Lipinski definition) is 6. The van der Waals surface area contributed by atoms with Crippen LogP contribution in [0.1, 0.15) is 5.69 Å². The average molecular weight is 255 g/mol. The second-order valence-corrected chi connectivity index (χ2v) is 4.51. The van der Waals surface area contributed by atoms with Gasteiger partial charge in [-0.3, -0.25) is 0 Å². The van der Waals surface area contributed by atoms with Crippen LogP contribution in [-0.4, -0.2) is 49.6 Å². The number of aromatic nitrogens is 2. The highest BCUT2D eigenvalue weighted by Gasteiger charge is 2.14. The topological polar surface area (TPSA) is 47.5 Å². The SMILES string of the molecule is COCc1cc(N2CCOCC2)nc(SC)n1. The largest absolute Gasteiger partial charge is 0.378 e. The van der Waals surface area contributed by atoms with E-state index in [-0.39, 0.29) is 0 Å². The van der Waals surface area contributed by atoms with E-state index >= 15 is 0 Å². The van der Waals surface area contributed by atoms with Gasteiger partial charge in [0.25, 0.3) is 0 Å². The maximum atomic E-state index is 5.34. The van der Waals surface area contributed by atoms with Crippen molar-refractivity contribution in [3.05, 3.63) is 11.8 Å². The maximum Gasteiger partial charge on any atom is 0.189 e. The summed E-state index contributed by atoms with van der Waals surface area (Å²) in [5.41, 5.74) is 0.924. The van der Waals surface area contributed by atoms with Gasteiger partial charge in [0.1, 0.15) is 5.82 Å². The second kappa shape index (κ2) is 6.18. The molecule has 0 radical (unpaired) electrons. The molecule has 2 heterocycles. The number of rotatable bonds is 4. The van der Waals surface area contributed by atoms with Crippen LogP contribution in [0.4, 0.5) is 5.82 Å². The van der Waals surface area contributed by atoms with Gasteiger partial charge in [0.2, 0.25) is 0 Å². The average Bonchev–Trinajstić information content (AvgIpc) is 2.40. The van der Waals surface area contributed by atoms with Gasteiger partial charge in [-0.1, -0.05) is 11.8 Å². The highest BCUT2D eigenvalue weighted by atomic mass is 32.2. The predicted molar refractivity (Wildman–Crippen MR) is 67.6 cm³/mol. The summed E-state index contributed by atoms with van der Waals surface area (Å²) in [5.74, 6) is 0.972. The first kappa shape index (κ1) is 12.6. The lowest BCUT2D eigenvalue weighted by Gasteiger charge is -2.28. The van der Waals surface area contributed by atoms with E-state index < -0.39 is 0 Å². The highest BCUT2D eigenvalue weighted by Crippen LogP contribution is 2.19. The van der Waals surface area contributed by atoms with Gasteiger partial charge in [0, 0.05) is 26.3 Å². The predicted octanol–water partition coefficient (Wildman–Crippen LogP) is 1.18. The molecule has 1 aliphatic heterocycles. The number of hydrogen-bond donors (Lipinski definition) is 0. The van der Waals surface area contributed by atoms with E-state index in [1.54, 1.807) is 18.9 Å². The van der Waals surface area contributed by atoms with Gasteiger partial charge >= 0.3 is 0 Å². The Hall–Kier alpha value is -0.850. The van der Waals surface area contributed by atoms with Crippen molar-refractivity contribution < 1.29 is 9.47 Å². The summed E-state index contributed by atoms with van der Waals surface area (Å²) in [6.07, 6.45) is 1.98. The van der Waals surface area contributed by atoms with Gasteiger partial charge < -0.3 is 14.4 Å². The molecule has 6 heteroatoms. The van der Waals surface area contributed by atoms with E-state index in [0.29, 0.717) is 6.61 Å². The lowest BCUT2D eigenvalue weighted by atomic mass is 10.3. The zero-order valence-corrected chi connectivity index (χ0v) is 11.0. The van der Waals surface area contributed by atoms with E-state index in [1.165, 1.54) is 0 Å². The Labute approximate surface area is 106 Å². The number of ether oxygens (including phenoxy) is 2. The summed E-state index contributed by atoms with van der Waals surface area (Å²) < 4.78 is 10.5. The maximum absolute atomic E-state index is 5.34. The van der Waals surface area contributed by atoms with E-state index in [1.807, 2.05) is 12.3 Å². The summed E-state index contributed by atoms with van der Waals surface area (Å²) in [7, 11) is 1.68. The Bertz CT molecular complexity index is 370. The molecule has 0 N–H and O–H groups in total. The first-order valence-electron chi connectivity index (χ1n) is 5.57. The van der Waals surface area contributed by atoms with E-state index in [0.717, 1.165) is 43.0 Å². The lowest BCUT2D eigenvalue weighted by molar-refractivity contribution is 0.122. The van der Waals surface area contributed by atoms with Crippen LogP contribution in [0.25, 0.3) is 0 Å². The van der Waals surface area contributed by atoms with Crippen molar-refractivity contribution in [2.45, 2.75) is 11.8 Å². The number of nitrogens with zero attached hydrogens (tertiary/aromatic N) is 3. The molecule has 0 atom stereocenters. The summed E-state index contributed by atoms with van der Waals surface area (Å²) >= 11 is 1.55. The second-order valence-electron chi connectivity index (χ2n) is 3.74. The number of methoxy groups -OCH3 is 1. The molecule has 5 nitrogen and oxygen atoms in total. The minimum Gasteiger partial charge on any atom is -0.378 e. The molecule has 1 aliphatic rings. The zero-order valence-electron chi connectivity index (χ0n) is 10.2. The molecule has 94 valence electrons. The molecular formula is C11H17N3O2S. The molecule has 0 bridgehead atoms. The van der Waals surface area contributed by atoms with Gasteiger partial charge in [-0.25, -0.2) is 9.97 Å². The molecule has 2 rings (SSSR count). The fourth-order valence-electron chi connectivity index (χ4n) is 1.73. The Kier molecular flexibility index (Phi) is 4.58. The van der Waals surface area contributed by atoms with E-state index in [2.05, 4.69) is 14.9 Å². The number of anilines is 1. The van der Waals surface area contributed by atoms with Crippen LogP contribution in [0.2, 0.25) is 0 Å². The Morgan fingerprint density at radius 3 is 2.82 bits per heavy atom. The number of morpholine rings is 1. The minimum atomic E-state index is 0.521. The first-order chi connectivity index (χ1) is 8.33. The van der Waals surface area contributed by atoms with Gasteiger partial charge in [-0.2, -0.15) is 0 Å². The summed E-state index contributed by atoms with van der Waals surface area (Å²) in [4.78, 5) is 11.2. The van der Waals surface area contributed by atoms with E-state index in [9.17, 15) is 0 Å². The fraction of sp³-hybridized carbons (Fsp3) is 0.636. The third kappa shape index (κ3) is 3.31. The minimum absolute atomic E-state index is 0.521. The first-order valence-corrected chi connectivity index (χ1v) is 6.79. The smallest absolute Gasteiger partial charge is 0.189 e. The summed E-state index contributed by atoms with van der Waals surface area (Å²) in [6.45, 7) is 3.82. The normalized spacial score (nSPS) is 16.2. The molecule has 0 unspecified atom stereocenters. The van der Waals surface area contributed by atoms with Crippen molar-refractivity contribution in [3.63, 3.8) is 0 Å². The molecule has 1 aromatic heterocycles. The van der Waals surface area contributed by atoms with Gasteiger partial charge in [-0.15, -0.1) is 0 Å². The van der Waals surface area contributed by atoms with Crippen LogP contribution in [0.5, 0.6) is 0 Å². The lowest BCUT2D eigenvalue weighted by Crippen LogP contribution is -2.37. The van der Waals surface area contributed by atoms with Gasteiger partial charge in [0.15, 0.2) is 5.16 Å². The van der Waals surface area contributed by atoms with Crippen LogP contribution >= 0.6 is 11.8 Å². The van der Waals surface area contributed by atoms with Gasteiger partial charge in [-0.05, 0) is 6.26 Å². The Morgan fingerprint density at radius 2 is 2.18 bits per heavy atom. The quantitative estimate of drug-likeness (QED) is 0.595. The van der Waals surface area contributed by atoms with Crippen molar-refractivity contribution in [1.29, 1.82) is 0 Å². The number of thioether (sulfide) groups is 1. The van der Waals surface area contributed by atoms with E-state index in [4.69, 9.17) is 9.47 Å². The van der Waals surface area contributed by atoms with Crippen molar-refractivity contribution in [3.8, 4) is 0 Å². The fourth-order valence-corrected chi connectivity index (χ4v) is 2.12. The Morgan fingerprint density at radius 1 is 1.41 bits per heavy atom. The molecule has 0 amide bonds. The van der Waals surface area contributed by atoms with Crippen molar-refractivity contribution >= 4 is 17.6 Å². The monoisotopic (exact) mass is 255 g/mol. The molecule has 0 spiro atoms. The molecule has 1 saturated heterocycles. The van der Waals surface area contributed by atoms with Crippen LogP contribution < -0.4 is 4.90 Å². The van der Waals surface area contributed by atoms with Crippen LogP contribution in [-0.2, 0) is 16.1 Å². The van der Waals surface area contributed by atoms with Gasteiger partial charge in [0.05, 0.1) is 25.5 Å². The van der Waals surface area contributed by atoms with Crippen molar-refractivity contribution in [2.24, 2.45) is 0 Å². The Balaban J connectivity index is 2.21. The molecule has 1 aromatic rings. The molecule has 0 saturated carbocycles. The highest BCUT2D eigenvalue weighted by molar-refractivity contribution is 7.98. The van der Waals surface area contributed by atoms with Crippen LogP contribution in [0.3, 0.4) is 0 Å². The van der Waals surface area contributed by atoms with Crippen molar-refractivity contribution in [1.82, 2.24) is 9.97 Å². The molecule has 0 aromatic carbocycles. The molecule has 17 heavy (non-hydrogen) atoms. The van der Waals surface area contributed by atoms with Crippen LogP contribution in [0.15, 0.2) is 11.2 Å². The standard InChI is InChI=1S/C11H17N3O2S/c1-15-8-9-7-10(13-11(12-9)17-2)14-3-5-16-6-4-14/h7H,3-6,8H2,1-2H3. The zero-order chi connectivity index (χ0) is 12.1. The van der Waals surface area contributed by atoms with Crippen LogP contribution in [0, 0.1) is 0 Å². The summed E-state index contributed by atoms with van der Waals surface area (Å²) in [6, 6.07) is 1.99. The van der Waals surface area contributed by atoms with Crippen molar-refractivity contribution in [2.75, 3.05) is 44.6 Å². The third-order valence-corrected chi connectivity index (χ3v) is 3.10. The third-order valence-electron chi connectivity index (χ3n) is 2.56. The molecule has 1 fully saturated rings.